The van der Waals surface area contributed by atoms with Crippen molar-refractivity contribution in [3.63, 3.8) is 0 Å². The molecule has 3 heteroatoms. The van der Waals surface area contributed by atoms with Gasteiger partial charge in [0.1, 0.15) is 6.42 Å². The van der Waals surface area contributed by atoms with Crippen molar-refractivity contribution in [2.75, 3.05) is 0 Å². The van der Waals surface area contributed by atoms with E-state index in [1.807, 2.05) is 13.8 Å². The van der Waals surface area contributed by atoms with E-state index in [-0.39, 0.29) is 6.42 Å². The van der Waals surface area contributed by atoms with Crippen LogP contribution in [0.15, 0.2) is 12.1 Å². The van der Waals surface area contributed by atoms with Crippen LogP contribution in [-0.4, -0.2) is 11.1 Å². The first kappa shape index (κ1) is 11.8. The number of carbonyl (C=O) groups is 1. The third-order valence-electron chi connectivity index (χ3n) is 2.11. The highest BCUT2D eigenvalue weighted by atomic mass is 16.4. The molecule has 1 rings (SSSR count). The summed E-state index contributed by atoms with van der Waals surface area (Å²) in [5, 5.41) is 17.2. The van der Waals surface area contributed by atoms with Crippen LogP contribution in [0.3, 0.4) is 0 Å². The summed E-state index contributed by atoms with van der Waals surface area (Å²) in [5.74, 6) is 4.48. The maximum Gasteiger partial charge on any atom is 0.315 e. The van der Waals surface area contributed by atoms with Gasteiger partial charge >= 0.3 is 5.97 Å². The molecule has 0 saturated carbocycles. The van der Waals surface area contributed by atoms with Crippen molar-refractivity contribution in [2.45, 2.75) is 20.3 Å². The molecular weight excluding hydrogens is 202 g/mol. The molecule has 0 bridgehead atoms. The minimum absolute atomic E-state index is 0.168. The molecule has 1 aromatic carbocycles. The van der Waals surface area contributed by atoms with Crippen LogP contribution in [0.5, 0.6) is 0 Å². The van der Waals surface area contributed by atoms with E-state index < -0.39 is 5.97 Å². The van der Waals surface area contributed by atoms with Crippen molar-refractivity contribution in [1.29, 1.82) is 5.26 Å². The molecule has 0 aromatic heterocycles. The fourth-order valence-corrected chi connectivity index (χ4v) is 1.43. The van der Waals surface area contributed by atoms with E-state index in [9.17, 15) is 4.79 Å². The molecule has 0 unspecified atom stereocenters. The Kier molecular flexibility index (Phi) is 3.69. The third-order valence-corrected chi connectivity index (χ3v) is 2.11. The molecule has 16 heavy (non-hydrogen) atoms. The Bertz CT molecular complexity index is 504. The Balaban J connectivity index is 3.10. The van der Waals surface area contributed by atoms with E-state index in [4.69, 9.17) is 10.4 Å². The quantitative estimate of drug-likeness (QED) is 0.726. The molecule has 0 heterocycles. The zero-order chi connectivity index (χ0) is 12.1. The highest BCUT2D eigenvalue weighted by Gasteiger charge is 2.02. The highest BCUT2D eigenvalue weighted by Crippen LogP contribution is 2.15. The summed E-state index contributed by atoms with van der Waals surface area (Å²) in [7, 11) is 0. The summed E-state index contributed by atoms with van der Waals surface area (Å²) >= 11 is 0. The zero-order valence-corrected chi connectivity index (χ0v) is 9.16. The Morgan fingerprint density at radius 1 is 1.38 bits per heavy atom. The van der Waals surface area contributed by atoms with Crippen LogP contribution >= 0.6 is 0 Å². The summed E-state index contributed by atoms with van der Waals surface area (Å²) in [4.78, 5) is 10.3. The van der Waals surface area contributed by atoms with Crippen LogP contribution < -0.4 is 0 Å². The van der Waals surface area contributed by atoms with Crippen LogP contribution in [0.4, 0.5) is 0 Å². The van der Waals surface area contributed by atoms with E-state index in [1.54, 1.807) is 12.1 Å². The van der Waals surface area contributed by atoms with Gasteiger partial charge in [-0.15, -0.1) is 0 Å². The van der Waals surface area contributed by atoms with Crippen molar-refractivity contribution in [3.05, 3.63) is 34.4 Å². The van der Waals surface area contributed by atoms with Gasteiger partial charge in [-0.1, -0.05) is 11.8 Å². The van der Waals surface area contributed by atoms with Gasteiger partial charge in [0.2, 0.25) is 0 Å². The normalized spacial score (nSPS) is 8.81. The monoisotopic (exact) mass is 213 g/mol. The number of hydrogen-bond acceptors (Lipinski definition) is 2. The van der Waals surface area contributed by atoms with Crippen molar-refractivity contribution in [1.82, 2.24) is 0 Å². The second-order valence-electron chi connectivity index (χ2n) is 3.47. The lowest BCUT2D eigenvalue weighted by Gasteiger charge is -2.03. The molecule has 0 aliphatic heterocycles. The van der Waals surface area contributed by atoms with Crippen molar-refractivity contribution in [3.8, 4) is 17.9 Å². The van der Waals surface area contributed by atoms with Crippen molar-refractivity contribution in [2.24, 2.45) is 0 Å². The molecule has 0 spiro atoms. The Labute approximate surface area is 94.3 Å². The minimum Gasteiger partial charge on any atom is -0.481 e. The fourth-order valence-electron chi connectivity index (χ4n) is 1.43. The Hall–Kier alpha value is -2.26. The number of hydrogen-bond donors (Lipinski definition) is 1. The van der Waals surface area contributed by atoms with Gasteiger partial charge in [-0.05, 0) is 37.1 Å². The summed E-state index contributed by atoms with van der Waals surface area (Å²) < 4.78 is 0. The second-order valence-corrected chi connectivity index (χ2v) is 3.47. The number of benzene rings is 1. The number of nitrogens with zero attached hydrogens (tertiary/aromatic N) is 1. The molecule has 1 N–H and O–H groups in total. The molecule has 0 amide bonds. The van der Waals surface area contributed by atoms with Crippen LogP contribution in [0.2, 0.25) is 0 Å². The summed E-state index contributed by atoms with van der Waals surface area (Å²) in [5.41, 5.74) is 3.20. The van der Waals surface area contributed by atoms with Gasteiger partial charge in [-0.2, -0.15) is 5.26 Å². The number of aryl methyl sites for hydroxylation is 2. The van der Waals surface area contributed by atoms with E-state index in [1.165, 1.54) is 0 Å². The van der Waals surface area contributed by atoms with E-state index in [2.05, 4.69) is 17.9 Å². The van der Waals surface area contributed by atoms with Crippen LogP contribution in [-0.2, 0) is 4.79 Å². The van der Waals surface area contributed by atoms with Gasteiger partial charge < -0.3 is 5.11 Å². The topological polar surface area (TPSA) is 61.1 Å². The van der Waals surface area contributed by atoms with Crippen molar-refractivity contribution < 1.29 is 9.90 Å². The molecule has 0 atom stereocenters. The number of rotatable bonds is 1. The van der Waals surface area contributed by atoms with Crippen LogP contribution in [0.1, 0.15) is 28.7 Å². The van der Waals surface area contributed by atoms with Gasteiger partial charge in [-0.25, -0.2) is 0 Å². The number of carboxylic acids is 1. The largest absolute Gasteiger partial charge is 0.481 e. The van der Waals surface area contributed by atoms with E-state index in [0.717, 1.165) is 16.7 Å². The van der Waals surface area contributed by atoms with Gasteiger partial charge in [0.25, 0.3) is 0 Å². The molecule has 0 radical (unpaired) electrons. The number of carboxylic acid groups (broad SMARTS) is 1. The number of nitriles is 1. The maximum absolute atomic E-state index is 10.3. The van der Waals surface area contributed by atoms with Crippen LogP contribution in [0.25, 0.3) is 0 Å². The zero-order valence-electron chi connectivity index (χ0n) is 9.16. The highest BCUT2D eigenvalue weighted by molar-refractivity contribution is 5.70. The molecule has 0 aliphatic rings. The molecule has 0 fully saturated rings. The van der Waals surface area contributed by atoms with Crippen molar-refractivity contribution >= 4 is 5.97 Å². The summed E-state index contributed by atoms with van der Waals surface area (Å²) in [6.45, 7) is 3.72. The maximum atomic E-state index is 10.3. The van der Waals surface area contributed by atoms with Crippen LogP contribution in [0, 0.1) is 37.0 Å². The average Bonchev–Trinajstić information content (AvgIpc) is 2.21. The van der Waals surface area contributed by atoms with Gasteiger partial charge in [0, 0.05) is 5.56 Å². The summed E-state index contributed by atoms with van der Waals surface area (Å²) in [6, 6.07) is 5.56. The standard InChI is InChI=1S/C13H11NO2/c1-9-6-11(8-14)7-10(2)12(9)4-3-5-13(15)16/h6-7H,5H2,1-2H3,(H,15,16). The molecule has 1 aromatic rings. The smallest absolute Gasteiger partial charge is 0.315 e. The fraction of sp³-hybridized carbons (Fsp3) is 0.231. The lowest BCUT2D eigenvalue weighted by Crippen LogP contribution is -1.92. The molecule has 80 valence electrons. The van der Waals surface area contributed by atoms with Gasteiger partial charge in [0.05, 0.1) is 11.6 Å². The summed E-state index contributed by atoms with van der Waals surface area (Å²) in [6.07, 6.45) is -0.168. The molecule has 0 aliphatic carbocycles. The predicted octanol–water partition coefficient (Wildman–Crippen LogP) is 2.00. The first-order valence-electron chi connectivity index (χ1n) is 4.76. The number of aliphatic carboxylic acids is 1. The van der Waals surface area contributed by atoms with Gasteiger partial charge in [0.15, 0.2) is 0 Å². The minimum atomic E-state index is -0.934. The lowest BCUT2D eigenvalue weighted by molar-refractivity contribution is -0.135. The second kappa shape index (κ2) is 5.00. The SMILES string of the molecule is Cc1cc(C#N)cc(C)c1C#CCC(=O)O. The first-order valence-corrected chi connectivity index (χ1v) is 4.76. The van der Waals surface area contributed by atoms with E-state index >= 15 is 0 Å². The predicted molar refractivity (Wildman–Crippen MR) is 59.8 cm³/mol. The lowest BCUT2D eigenvalue weighted by atomic mass is 10.00. The van der Waals surface area contributed by atoms with Gasteiger partial charge in [-0.3, -0.25) is 4.79 Å². The van der Waals surface area contributed by atoms with E-state index in [0.29, 0.717) is 5.56 Å². The average molecular weight is 213 g/mol. The third kappa shape index (κ3) is 2.87. The molecular formula is C13H11NO2. The Morgan fingerprint density at radius 2 is 1.94 bits per heavy atom. The molecule has 0 saturated heterocycles. The Morgan fingerprint density at radius 3 is 2.38 bits per heavy atom. The molecule has 3 nitrogen and oxygen atoms in total. The first-order chi connectivity index (χ1) is 7.54.